The van der Waals surface area contributed by atoms with Gasteiger partial charge in [-0.1, -0.05) is 24.3 Å². The second-order valence-corrected chi connectivity index (χ2v) is 4.66. The van der Waals surface area contributed by atoms with Gasteiger partial charge in [0.25, 0.3) is 0 Å². The lowest BCUT2D eigenvalue weighted by Crippen LogP contribution is -2.07. The first-order valence-electron chi connectivity index (χ1n) is 6.41. The van der Waals surface area contributed by atoms with E-state index < -0.39 is 5.63 Å². The van der Waals surface area contributed by atoms with Crippen molar-refractivity contribution in [2.24, 2.45) is 0 Å². The summed E-state index contributed by atoms with van der Waals surface area (Å²) in [6.45, 7) is 0. The van der Waals surface area contributed by atoms with E-state index in [1.807, 2.05) is 18.2 Å². The third-order valence-corrected chi connectivity index (χ3v) is 3.36. The molecule has 0 aliphatic heterocycles. The van der Waals surface area contributed by atoms with Crippen LogP contribution in [0.2, 0.25) is 0 Å². The van der Waals surface area contributed by atoms with Crippen molar-refractivity contribution in [1.82, 2.24) is 4.98 Å². The van der Waals surface area contributed by atoms with Crippen molar-refractivity contribution in [3.8, 4) is 11.5 Å². The van der Waals surface area contributed by atoms with E-state index in [2.05, 4.69) is 4.98 Å². The predicted octanol–water partition coefficient (Wildman–Crippen LogP) is 3.18. The maximum atomic E-state index is 12.2. The zero-order valence-corrected chi connectivity index (χ0v) is 10.9. The molecule has 102 valence electrons. The van der Waals surface area contributed by atoms with E-state index in [0.717, 1.165) is 0 Å². The van der Waals surface area contributed by atoms with Gasteiger partial charge in [0.05, 0.1) is 5.69 Å². The summed E-state index contributed by atoms with van der Waals surface area (Å²) < 4.78 is 10.9. The van der Waals surface area contributed by atoms with Gasteiger partial charge in [-0.2, -0.15) is 0 Å². The van der Waals surface area contributed by atoms with Gasteiger partial charge >= 0.3 is 5.63 Å². The summed E-state index contributed by atoms with van der Waals surface area (Å²) in [6.07, 6.45) is 0. The highest BCUT2D eigenvalue weighted by Gasteiger charge is 2.19. The Morgan fingerprint density at radius 3 is 2.43 bits per heavy atom. The van der Waals surface area contributed by atoms with Crippen LogP contribution in [-0.4, -0.2) is 4.98 Å². The maximum absolute atomic E-state index is 12.2. The SMILES string of the molecule is Nc1c(-c2nc3ccccc3o2)c(=O)oc2ccccc12. The number of oxazole rings is 1. The Balaban J connectivity index is 2.08. The quantitative estimate of drug-likeness (QED) is 0.541. The summed E-state index contributed by atoms with van der Waals surface area (Å²) in [5.74, 6) is 0.174. The number of nitrogens with two attached hydrogens (primary N) is 1. The summed E-state index contributed by atoms with van der Waals surface area (Å²) in [5.41, 5.74) is 7.73. The minimum Gasteiger partial charge on any atom is -0.436 e. The zero-order chi connectivity index (χ0) is 14.4. The predicted molar refractivity (Wildman–Crippen MR) is 79.9 cm³/mol. The molecule has 0 amide bonds. The van der Waals surface area contributed by atoms with Crippen LogP contribution in [0.3, 0.4) is 0 Å². The lowest BCUT2D eigenvalue weighted by molar-refractivity contribution is 0.554. The summed E-state index contributed by atoms with van der Waals surface area (Å²) in [6, 6.07) is 14.4. The Morgan fingerprint density at radius 2 is 1.62 bits per heavy atom. The molecule has 0 unspecified atom stereocenters. The Bertz CT molecular complexity index is 997. The van der Waals surface area contributed by atoms with Crippen molar-refractivity contribution in [1.29, 1.82) is 0 Å². The zero-order valence-electron chi connectivity index (χ0n) is 10.9. The van der Waals surface area contributed by atoms with Gasteiger partial charge in [0, 0.05) is 5.39 Å². The molecule has 0 radical (unpaired) electrons. The van der Waals surface area contributed by atoms with Crippen molar-refractivity contribution >= 4 is 27.8 Å². The molecular formula is C16H10N2O3. The molecule has 0 atom stereocenters. The number of aromatic nitrogens is 1. The molecule has 2 heterocycles. The molecule has 0 saturated heterocycles. The molecule has 0 fully saturated rings. The summed E-state index contributed by atoms with van der Waals surface area (Å²) in [4.78, 5) is 16.5. The molecule has 2 aromatic heterocycles. The molecule has 0 spiro atoms. The number of hydrogen-bond acceptors (Lipinski definition) is 5. The number of para-hydroxylation sites is 3. The van der Waals surface area contributed by atoms with Crippen molar-refractivity contribution in [2.45, 2.75) is 0 Å². The second kappa shape index (κ2) is 4.21. The van der Waals surface area contributed by atoms with E-state index in [-0.39, 0.29) is 11.5 Å². The van der Waals surface area contributed by atoms with Gasteiger partial charge in [-0.05, 0) is 24.3 Å². The molecular weight excluding hydrogens is 268 g/mol. The first kappa shape index (κ1) is 11.7. The third-order valence-electron chi connectivity index (χ3n) is 3.36. The first-order valence-corrected chi connectivity index (χ1v) is 6.41. The Kier molecular flexibility index (Phi) is 2.35. The van der Waals surface area contributed by atoms with Gasteiger partial charge in [0.2, 0.25) is 5.89 Å². The Morgan fingerprint density at radius 1 is 0.905 bits per heavy atom. The average molecular weight is 278 g/mol. The number of anilines is 1. The topological polar surface area (TPSA) is 82.3 Å². The first-order chi connectivity index (χ1) is 10.2. The molecule has 2 aromatic carbocycles. The van der Waals surface area contributed by atoms with Crippen molar-refractivity contribution < 1.29 is 8.83 Å². The van der Waals surface area contributed by atoms with Crippen LogP contribution in [0.4, 0.5) is 5.69 Å². The van der Waals surface area contributed by atoms with Gasteiger partial charge < -0.3 is 14.6 Å². The van der Waals surface area contributed by atoms with E-state index >= 15 is 0 Å². The van der Waals surface area contributed by atoms with E-state index in [1.54, 1.807) is 30.3 Å². The van der Waals surface area contributed by atoms with Gasteiger partial charge in [-0.25, -0.2) is 9.78 Å². The van der Waals surface area contributed by atoms with Gasteiger partial charge in [-0.3, -0.25) is 0 Å². The van der Waals surface area contributed by atoms with E-state index in [9.17, 15) is 4.79 Å². The summed E-state index contributed by atoms with van der Waals surface area (Å²) in [5, 5.41) is 0.661. The largest absolute Gasteiger partial charge is 0.436 e. The highest BCUT2D eigenvalue weighted by Crippen LogP contribution is 2.30. The van der Waals surface area contributed by atoms with Crippen LogP contribution in [0, 0.1) is 0 Å². The molecule has 21 heavy (non-hydrogen) atoms. The van der Waals surface area contributed by atoms with Crippen LogP contribution in [-0.2, 0) is 0 Å². The number of hydrogen-bond donors (Lipinski definition) is 1. The van der Waals surface area contributed by atoms with Gasteiger partial charge in [-0.15, -0.1) is 0 Å². The number of benzene rings is 2. The van der Waals surface area contributed by atoms with Crippen LogP contribution < -0.4 is 11.4 Å². The third kappa shape index (κ3) is 1.71. The fraction of sp³-hybridized carbons (Fsp3) is 0. The van der Waals surface area contributed by atoms with Crippen LogP contribution in [0.1, 0.15) is 0 Å². The van der Waals surface area contributed by atoms with Crippen LogP contribution in [0.15, 0.2) is 62.2 Å². The summed E-state index contributed by atoms with van der Waals surface area (Å²) in [7, 11) is 0. The van der Waals surface area contributed by atoms with Crippen molar-refractivity contribution in [2.75, 3.05) is 5.73 Å². The van der Waals surface area contributed by atoms with Crippen molar-refractivity contribution in [3.05, 3.63) is 59.0 Å². The smallest absolute Gasteiger partial charge is 0.351 e. The van der Waals surface area contributed by atoms with Gasteiger partial charge in [0.15, 0.2) is 5.58 Å². The highest BCUT2D eigenvalue weighted by atomic mass is 16.4. The molecule has 0 aliphatic carbocycles. The lowest BCUT2D eigenvalue weighted by atomic mass is 10.1. The molecule has 5 heteroatoms. The second-order valence-electron chi connectivity index (χ2n) is 4.66. The molecule has 4 rings (SSSR count). The summed E-state index contributed by atoms with van der Waals surface area (Å²) >= 11 is 0. The molecule has 0 saturated carbocycles. The van der Waals surface area contributed by atoms with E-state index in [4.69, 9.17) is 14.6 Å². The maximum Gasteiger partial charge on any atom is 0.351 e. The fourth-order valence-corrected chi connectivity index (χ4v) is 2.36. The van der Waals surface area contributed by atoms with Crippen LogP contribution in [0.25, 0.3) is 33.5 Å². The normalized spacial score (nSPS) is 11.2. The fourth-order valence-electron chi connectivity index (χ4n) is 2.36. The highest BCUT2D eigenvalue weighted by molar-refractivity contribution is 5.95. The molecule has 0 bridgehead atoms. The van der Waals surface area contributed by atoms with Crippen LogP contribution >= 0.6 is 0 Å². The Hall–Kier alpha value is -3.08. The van der Waals surface area contributed by atoms with Gasteiger partial charge in [0.1, 0.15) is 16.7 Å². The Labute approximate surface area is 118 Å². The minimum absolute atomic E-state index is 0.157. The van der Waals surface area contributed by atoms with Crippen LogP contribution in [0.5, 0.6) is 0 Å². The average Bonchev–Trinajstić information content (AvgIpc) is 2.90. The molecule has 4 aromatic rings. The molecule has 5 nitrogen and oxygen atoms in total. The number of fused-ring (bicyclic) bond motifs is 2. The number of nitrogen functional groups attached to an aromatic ring is 1. The van der Waals surface area contributed by atoms with E-state index in [1.165, 1.54) is 0 Å². The lowest BCUT2D eigenvalue weighted by Gasteiger charge is -2.03. The van der Waals surface area contributed by atoms with E-state index in [0.29, 0.717) is 27.8 Å². The van der Waals surface area contributed by atoms with Crippen molar-refractivity contribution in [3.63, 3.8) is 0 Å². The number of nitrogens with zero attached hydrogens (tertiary/aromatic N) is 1. The monoisotopic (exact) mass is 278 g/mol. The molecule has 2 N–H and O–H groups in total. The number of rotatable bonds is 1. The molecule has 0 aliphatic rings. The standard InChI is InChI=1S/C16H10N2O3/c17-14-9-5-1-3-7-11(9)21-16(19)13(14)15-18-10-6-2-4-8-12(10)20-15/h1-8H,17H2. The minimum atomic E-state index is -0.558.